The average molecular weight is 418 g/mol. The van der Waals surface area contributed by atoms with Gasteiger partial charge in [-0.3, -0.25) is 0 Å². The largest absolute Gasteiger partial charge is 0.491 e. The van der Waals surface area contributed by atoms with Crippen molar-refractivity contribution in [1.82, 2.24) is 4.98 Å². The lowest BCUT2D eigenvalue weighted by atomic mass is 9.93. The highest BCUT2D eigenvalue weighted by molar-refractivity contribution is 5.70. The summed E-state index contributed by atoms with van der Waals surface area (Å²) in [7, 11) is 0. The summed E-state index contributed by atoms with van der Waals surface area (Å²) in [5.41, 5.74) is 7.00. The molecule has 0 aliphatic carbocycles. The molecular formula is C23H22F4N2O. The maximum Gasteiger partial charge on any atom is 0.266 e. The number of rotatable bonds is 7. The molecule has 0 aliphatic heterocycles. The third kappa shape index (κ3) is 4.31. The Morgan fingerprint density at radius 2 is 1.73 bits per heavy atom. The van der Waals surface area contributed by atoms with Gasteiger partial charge in [-0.05, 0) is 37.1 Å². The molecule has 0 aliphatic rings. The third-order valence-electron chi connectivity index (χ3n) is 4.84. The van der Waals surface area contributed by atoms with Crippen LogP contribution in [0.1, 0.15) is 41.7 Å². The van der Waals surface area contributed by atoms with Crippen molar-refractivity contribution in [3.05, 3.63) is 82.5 Å². The SMILES string of the molecule is CCOc1c(C)cc(C(CN)c2ccccc2)nc1-c1cc(C(F)F)c(F)cc1F. The molecule has 2 aromatic carbocycles. The van der Waals surface area contributed by atoms with Crippen LogP contribution in [0.5, 0.6) is 5.75 Å². The van der Waals surface area contributed by atoms with Crippen LogP contribution in [0.2, 0.25) is 0 Å². The second kappa shape index (κ2) is 9.26. The minimum Gasteiger partial charge on any atom is -0.491 e. The number of alkyl halides is 2. The van der Waals surface area contributed by atoms with E-state index in [9.17, 15) is 17.6 Å². The lowest BCUT2D eigenvalue weighted by molar-refractivity contribution is 0.146. The molecule has 1 heterocycles. The van der Waals surface area contributed by atoms with Gasteiger partial charge in [-0.25, -0.2) is 22.5 Å². The minimum absolute atomic E-state index is 0.0423. The van der Waals surface area contributed by atoms with E-state index < -0.39 is 23.6 Å². The number of hydrogen-bond donors (Lipinski definition) is 1. The zero-order valence-corrected chi connectivity index (χ0v) is 16.6. The zero-order valence-electron chi connectivity index (χ0n) is 16.6. The number of pyridine rings is 1. The first-order valence-corrected chi connectivity index (χ1v) is 9.54. The van der Waals surface area contributed by atoms with Gasteiger partial charge in [0, 0.05) is 24.1 Å². The molecular weight excluding hydrogens is 396 g/mol. The first kappa shape index (κ1) is 21.8. The van der Waals surface area contributed by atoms with Crippen LogP contribution in [0, 0.1) is 18.6 Å². The fraction of sp³-hybridized carbons (Fsp3) is 0.261. The molecule has 0 saturated heterocycles. The molecule has 0 saturated carbocycles. The minimum atomic E-state index is -3.09. The van der Waals surface area contributed by atoms with Gasteiger partial charge in [0.15, 0.2) is 0 Å². The van der Waals surface area contributed by atoms with Crippen LogP contribution < -0.4 is 10.5 Å². The lowest BCUT2D eigenvalue weighted by Gasteiger charge is -2.20. The molecule has 158 valence electrons. The van der Waals surface area contributed by atoms with Crippen LogP contribution in [0.15, 0.2) is 48.5 Å². The summed E-state index contributed by atoms with van der Waals surface area (Å²) in [5.74, 6) is -2.33. The van der Waals surface area contributed by atoms with Crippen LogP contribution >= 0.6 is 0 Å². The van der Waals surface area contributed by atoms with Crippen LogP contribution in [-0.4, -0.2) is 18.1 Å². The van der Waals surface area contributed by atoms with Gasteiger partial charge in [-0.2, -0.15) is 0 Å². The zero-order chi connectivity index (χ0) is 21.8. The molecule has 0 bridgehead atoms. The van der Waals surface area contributed by atoms with Crippen molar-refractivity contribution in [2.45, 2.75) is 26.2 Å². The van der Waals surface area contributed by atoms with Gasteiger partial charge < -0.3 is 10.5 Å². The van der Waals surface area contributed by atoms with Crippen molar-refractivity contribution < 1.29 is 22.3 Å². The molecule has 30 heavy (non-hydrogen) atoms. The van der Waals surface area contributed by atoms with E-state index in [-0.39, 0.29) is 36.1 Å². The van der Waals surface area contributed by atoms with Gasteiger partial charge >= 0.3 is 0 Å². The van der Waals surface area contributed by atoms with Crippen LogP contribution in [-0.2, 0) is 0 Å². The highest BCUT2D eigenvalue weighted by atomic mass is 19.3. The Kier molecular flexibility index (Phi) is 6.72. The standard InChI is InChI=1S/C23H22F4N2O/c1-3-30-22-13(2)9-20(17(12-28)14-7-5-4-6-8-14)29-21(22)15-10-16(23(26)27)19(25)11-18(15)24/h4-11,17,23H,3,12,28H2,1-2H3. The molecule has 0 spiro atoms. The third-order valence-corrected chi connectivity index (χ3v) is 4.84. The Hall–Kier alpha value is -2.93. The number of nitrogens with zero attached hydrogens (tertiary/aromatic N) is 1. The molecule has 1 aromatic heterocycles. The molecule has 1 atom stereocenters. The fourth-order valence-electron chi connectivity index (χ4n) is 3.40. The van der Waals surface area contributed by atoms with Crippen molar-refractivity contribution >= 4 is 0 Å². The molecule has 3 rings (SSSR count). The van der Waals surface area contributed by atoms with Gasteiger partial charge in [0.05, 0.1) is 17.9 Å². The second-order valence-corrected chi connectivity index (χ2v) is 6.83. The Morgan fingerprint density at radius 3 is 2.33 bits per heavy atom. The normalized spacial score (nSPS) is 12.3. The monoisotopic (exact) mass is 418 g/mol. The lowest BCUT2D eigenvalue weighted by Crippen LogP contribution is -2.16. The maximum absolute atomic E-state index is 14.7. The number of aromatic nitrogens is 1. The molecule has 1 unspecified atom stereocenters. The first-order valence-electron chi connectivity index (χ1n) is 9.54. The summed E-state index contributed by atoms with van der Waals surface area (Å²) >= 11 is 0. The number of nitrogens with two attached hydrogens (primary N) is 1. The van der Waals surface area contributed by atoms with E-state index in [1.807, 2.05) is 30.3 Å². The van der Waals surface area contributed by atoms with Gasteiger partial charge in [0.25, 0.3) is 6.43 Å². The van der Waals surface area contributed by atoms with Crippen LogP contribution in [0.25, 0.3) is 11.3 Å². The maximum atomic E-state index is 14.7. The van der Waals surface area contributed by atoms with E-state index in [0.717, 1.165) is 11.6 Å². The van der Waals surface area contributed by atoms with Gasteiger partial charge in [0.1, 0.15) is 23.1 Å². The average Bonchev–Trinajstić information content (AvgIpc) is 2.71. The van der Waals surface area contributed by atoms with Crippen LogP contribution in [0.4, 0.5) is 17.6 Å². The topological polar surface area (TPSA) is 48.1 Å². The van der Waals surface area contributed by atoms with Crippen molar-refractivity contribution in [2.75, 3.05) is 13.2 Å². The Morgan fingerprint density at radius 1 is 1.03 bits per heavy atom. The summed E-state index contributed by atoms with van der Waals surface area (Å²) < 4.78 is 60.6. The predicted molar refractivity (Wildman–Crippen MR) is 108 cm³/mol. The van der Waals surface area contributed by atoms with Gasteiger partial charge in [0.2, 0.25) is 0 Å². The molecule has 0 amide bonds. The predicted octanol–water partition coefficient (Wildman–Crippen LogP) is 5.76. The summed E-state index contributed by atoms with van der Waals surface area (Å²) in [6.45, 7) is 4.00. The molecule has 7 heteroatoms. The summed E-state index contributed by atoms with van der Waals surface area (Å²) in [4.78, 5) is 4.55. The van der Waals surface area contributed by atoms with E-state index in [0.29, 0.717) is 17.3 Å². The molecule has 3 nitrogen and oxygen atoms in total. The number of benzene rings is 2. The van der Waals surface area contributed by atoms with E-state index in [2.05, 4.69) is 4.98 Å². The number of ether oxygens (including phenoxy) is 1. The number of hydrogen-bond acceptors (Lipinski definition) is 3. The van der Waals surface area contributed by atoms with Gasteiger partial charge in [-0.1, -0.05) is 30.3 Å². The van der Waals surface area contributed by atoms with Crippen molar-refractivity contribution in [1.29, 1.82) is 0 Å². The van der Waals surface area contributed by atoms with Crippen molar-refractivity contribution in [3.63, 3.8) is 0 Å². The quantitative estimate of drug-likeness (QED) is 0.496. The van der Waals surface area contributed by atoms with Crippen molar-refractivity contribution in [2.24, 2.45) is 5.73 Å². The summed E-state index contributed by atoms with van der Waals surface area (Å²) in [6, 6.07) is 12.4. The van der Waals surface area contributed by atoms with E-state index >= 15 is 0 Å². The Balaban J connectivity index is 2.24. The molecule has 3 aromatic rings. The first-order chi connectivity index (χ1) is 14.4. The summed E-state index contributed by atoms with van der Waals surface area (Å²) in [6.07, 6.45) is -3.09. The molecule has 0 radical (unpaired) electrons. The van der Waals surface area contributed by atoms with Crippen LogP contribution in [0.3, 0.4) is 0 Å². The number of aryl methyl sites for hydroxylation is 1. The van der Waals surface area contributed by atoms with Crippen molar-refractivity contribution in [3.8, 4) is 17.0 Å². The molecule has 0 fully saturated rings. The highest BCUT2D eigenvalue weighted by Crippen LogP contribution is 2.38. The smallest absolute Gasteiger partial charge is 0.266 e. The van der Waals surface area contributed by atoms with E-state index in [1.165, 1.54) is 0 Å². The highest BCUT2D eigenvalue weighted by Gasteiger charge is 2.24. The van der Waals surface area contributed by atoms with E-state index in [1.54, 1.807) is 19.9 Å². The number of halogens is 4. The second-order valence-electron chi connectivity index (χ2n) is 6.83. The van der Waals surface area contributed by atoms with E-state index in [4.69, 9.17) is 10.5 Å². The van der Waals surface area contributed by atoms with Gasteiger partial charge in [-0.15, -0.1) is 0 Å². The fourth-order valence-corrected chi connectivity index (χ4v) is 3.40. The Labute approximate surface area is 172 Å². The summed E-state index contributed by atoms with van der Waals surface area (Å²) in [5, 5.41) is 0. The Bertz CT molecular complexity index is 1030. The molecule has 2 N–H and O–H groups in total.